The number of pyridine rings is 1. The van der Waals surface area contributed by atoms with E-state index in [4.69, 9.17) is 9.68 Å². The van der Waals surface area contributed by atoms with Crippen molar-refractivity contribution < 1.29 is 14.0 Å². The largest absolute Gasteiger partial charge is 0.461 e. The molecule has 0 bridgehead atoms. The van der Waals surface area contributed by atoms with Crippen LogP contribution in [0.25, 0.3) is 0 Å². The highest BCUT2D eigenvalue weighted by Crippen LogP contribution is 2.23. The lowest BCUT2D eigenvalue weighted by Gasteiger charge is -2.29. The number of ketones is 1. The molecule has 0 radical (unpaired) electrons. The SMILES string of the molecule is Cc1nc(C(=O)N2CCCCC[C@H]2CC(=O)c2ccco2)ccc1C#N. The summed E-state index contributed by atoms with van der Waals surface area (Å²) in [5.41, 5.74) is 1.32. The molecule has 0 spiro atoms. The van der Waals surface area contributed by atoms with Gasteiger partial charge in [0.15, 0.2) is 11.5 Å². The number of nitriles is 1. The van der Waals surface area contributed by atoms with Crippen LogP contribution in [0.4, 0.5) is 0 Å². The number of amides is 1. The first kappa shape index (κ1) is 17.9. The van der Waals surface area contributed by atoms with Crippen LogP contribution >= 0.6 is 0 Å². The topological polar surface area (TPSA) is 87.2 Å². The van der Waals surface area contributed by atoms with Gasteiger partial charge in [-0.3, -0.25) is 9.59 Å². The zero-order valence-electron chi connectivity index (χ0n) is 14.8. The number of nitrogens with zero attached hydrogens (tertiary/aromatic N) is 3. The monoisotopic (exact) mass is 351 g/mol. The van der Waals surface area contributed by atoms with Crippen LogP contribution in [-0.2, 0) is 0 Å². The smallest absolute Gasteiger partial charge is 0.272 e. The maximum absolute atomic E-state index is 13.0. The average Bonchev–Trinajstić information content (AvgIpc) is 3.09. The number of Topliss-reactive ketones (excluding diaryl/α,β-unsaturated/α-hetero) is 1. The molecule has 1 aliphatic rings. The van der Waals surface area contributed by atoms with E-state index in [0.29, 0.717) is 29.3 Å². The molecule has 6 heteroatoms. The molecule has 2 aromatic heterocycles. The number of rotatable bonds is 4. The molecule has 0 aromatic carbocycles. The van der Waals surface area contributed by atoms with Gasteiger partial charge in [-0.2, -0.15) is 5.26 Å². The molecule has 3 rings (SSSR count). The predicted octanol–water partition coefficient (Wildman–Crippen LogP) is 3.51. The van der Waals surface area contributed by atoms with Crippen molar-refractivity contribution in [3.8, 4) is 6.07 Å². The van der Waals surface area contributed by atoms with Gasteiger partial charge in [0.1, 0.15) is 11.8 Å². The zero-order valence-corrected chi connectivity index (χ0v) is 14.8. The summed E-state index contributed by atoms with van der Waals surface area (Å²) in [5.74, 6) is 0.0504. The van der Waals surface area contributed by atoms with Gasteiger partial charge in [0.2, 0.25) is 0 Å². The van der Waals surface area contributed by atoms with E-state index in [1.807, 2.05) is 0 Å². The van der Waals surface area contributed by atoms with Crippen LogP contribution in [0.3, 0.4) is 0 Å². The Balaban J connectivity index is 1.82. The number of aromatic nitrogens is 1. The third kappa shape index (κ3) is 3.83. The first-order valence-electron chi connectivity index (χ1n) is 8.85. The molecule has 26 heavy (non-hydrogen) atoms. The van der Waals surface area contributed by atoms with E-state index in [1.54, 1.807) is 36.1 Å². The van der Waals surface area contributed by atoms with E-state index in [9.17, 15) is 9.59 Å². The van der Waals surface area contributed by atoms with Gasteiger partial charge in [-0.25, -0.2) is 4.98 Å². The van der Waals surface area contributed by atoms with Crippen LogP contribution in [0, 0.1) is 18.3 Å². The normalized spacial score (nSPS) is 17.4. The summed E-state index contributed by atoms with van der Waals surface area (Å²) in [6.07, 6.45) is 5.44. The van der Waals surface area contributed by atoms with Crippen molar-refractivity contribution in [3.63, 3.8) is 0 Å². The van der Waals surface area contributed by atoms with E-state index in [1.165, 1.54) is 6.26 Å². The lowest BCUT2D eigenvalue weighted by molar-refractivity contribution is 0.0650. The van der Waals surface area contributed by atoms with Gasteiger partial charge in [0.25, 0.3) is 5.91 Å². The maximum Gasteiger partial charge on any atom is 0.272 e. The predicted molar refractivity (Wildman–Crippen MR) is 94.6 cm³/mol. The number of carbonyl (C=O) groups is 2. The summed E-state index contributed by atoms with van der Waals surface area (Å²) in [5, 5.41) is 9.03. The number of likely N-dealkylation sites (tertiary alicyclic amines) is 1. The molecule has 0 saturated carbocycles. The van der Waals surface area contributed by atoms with Crippen molar-refractivity contribution >= 4 is 11.7 Å². The fraction of sp³-hybridized carbons (Fsp3) is 0.400. The number of hydrogen-bond acceptors (Lipinski definition) is 5. The molecule has 0 unspecified atom stereocenters. The third-order valence-corrected chi connectivity index (χ3v) is 4.78. The van der Waals surface area contributed by atoms with Crippen molar-refractivity contribution in [2.45, 2.75) is 45.1 Å². The Morgan fingerprint density at radius 2 is 2.15 bits per heavy atom. The Bertz CT molecular complexity index is 836. The summed E-state index contributed by atoms with van der Waals surface area (Å²) in [6, 6.07) is 8.44. The summed E-state index contributed by atoms with van der Waals surface area (Å²) in [4.78, 5) is 31.5. The van der Waals surface area contributed by atoms with E-state index in [-0.39, 0.29) is 24.2 Å². The summed E-state index contributed by atoms with van der Waals surface area (Å²) >= 11 is 0. The molecule has 6 nitrogen and oxygen atoms in total. The minimum atomic E-state index is -0.184. The fourth-order valence-corrected chi connectivity index (χ4v) is 3.35. The molecule has 2 aromatic rings. The van der Waals surface area contributed by atoms with Crippen molar-refractivity contribution in [1.29, 1.82) is 5.26 Å². The van der Waals surface area contributed by atoms with Crippen LogP contribution in [0.15, 0.2) is 34.9 Å². The van der Waals surface area contributed by atoms with Crippen molar-refractivity contribution in [3.05, 3.63) is 53.2 Å². The Hall–Kier alpha value is -2.94. The molecule has 1 fully saturated rings. The minimum Gasteiger partial charge on any atom is -0.461 e. The number of furan rings is 1. The molecular weight excluding hydrogens is 330 g/mol. The molecule has 0 N–H and O–H groups in total. The quantitative estimate of drug-likeness (QED) is 0.787. The van der Waals surface area contributed by atoms with Crippen molar-refractivity contribution in [2.24, 2.45) is 0 Å². The van der Waals surface area contributed by atoms with Gasteiger partial charge in [-0.1, -0.05) is 12.8 Å². The Morgan fingerprint density at radius 1 is 1.31 bits per heavy atom. The molecule has 3 heterocycles. The first-order chi connectivity index (χ1) is 12.6. The zero-order chi connectivity index (χ0) is 18.5. The number of hydrogen-bond donors (Lipinski definition) is 0. The van der Waals surface area contributed by atoms with Crippen LogP contribution < -0.4 is 0 Å². The molecule has 1 saturated heterocycles. The van der Waals surface area contributed by atoms with Gasteiger partial charge >= 0.3 is 0 Å². The van der Waals surface area contributed by atoms with E-state index >= 15 is 0 Å². The second-order valence-electron chi connectivity index (χ2n) is 6.55. The van der Waals surface area contributed by atoms with Gasteiger partial charge in [-0.05, 0) is 44.0 Å². The molecular formula is C20H21N3O3. The molecule has 134 valence electrons. The van der Waals surface area contributed by atoms with Gasteiger partial charge in [0.05, 0.1) is 17.5 Å². The molecule has 1 aliphatic heterocycles. The highest BCUT2D eigenvalue weighted by molar-refractivity contribution is 5.96. The number of carbonyl (C=O) groups excluding carboxylic acids is 2. The van der Waals surface area contributed by atoms with Crippen LogP contribution in [0.5, 0.6) is 0 Å². The van der Waals surface area contributed by atoms with Gasteiger partial charge in [0, 0.05) is 19.0 Å². The van der Waals surface area contributed by atoms with Gasteiger partial charge < -0.3 is 9.32 Å². The van der Waals surface area contributed by atoms with E-state index < -0.39 is 0 Å². The maximum atomic E-state index is 13.0. The third-order valence-electron chi connectivity index (χ3n) is 4.78. The van der Waals surface area contributed by atoms with Crippen LogP contribution in [-0.4, -0.2) is 34.2 Å². The second-order valence-corrected chi connectivity index (χ2v) is 6.55. The highest BCUT2D eigenvalue weighted by Gasteiger charge is 2.29. The number of aryl methyl sites for hydroxylation is 1. The van der Waals surface area contributed by atoms with Crippen LogP contribution in [0.2, 0.25) is 0 Å². The lowest BCUT2D eigenvalue weighted by atomic mass is 10.0. The second kappa shape index (κ2) is 7.96. The van der Waals surface area contributed by atoms with E-state index in [2.05, 4.69) is 11.1 Å². The fourth-order valence-electron chi connectivity index (χ4n) is 3.35. The Kier molecular flexibility index (Phi) is 5.47. The summed E-state index contributed by atoms with van der Waals surface area (Å²) in [7, 11) is 0. The van der Waals surface area contributed by atoms with Gasteiger partial charge in [-0.15, -0.1) is 0 Å². The molecule has 0 aliphatic carbocycles. The Labute approximate surface area is 152 Å². The minimum absolute atomic E-state index is 0.0938. The lowest BCUT2D eigenvalue weighted by Crippen LogP contribution is -2.41. The van der Waals surface area contributed by atoms with E-state index in [0.717, 1.165) is 25.7 Å². The Morgan fingerprint density at radius 3 is 2.85 bits per heavy atom. The highest BCUT2D eigenvalue weighted by atomic mass is 16.3. The standard InChI is InChI=1S/C20H21N3O3/c1-14-15(13-21)8-9-17(22-14)20(25)23-10-4-2-3-6-16(23)12-18(24)19-7-5-11-26-19/h5,7-9,11,16H,2-4,6,10,12H2,1H3/t16-/m0/s1. The van der Waals surface area contributed by atoms with Crippen molar-refractivity contribution in [1.82, 2.24) is 9.88 Å². The van der Waals surface area contributed by atoms with Crippen LogP contribution in [0.1, 0.15) is 64.4 Å². The summed E-state index contributed by atoms with van der Waals surface area (Å²) in [6.45, 7) is 2.32. The average molecular weight is 351 g/mol. The molecule has 1 amide bonds. The summed E-state index contributed by atoms with van der Waals surface area (Å²) < 4.78 is 5.19. The van der Waals surface area contributed by atoms with Crippen molar-refractivity contribution in [2.75, 3.05) is 6.54 Å². The molecule has 1 atom stereocenters. The first-order valence-corrected chi connectivity index (χ1v) is 8.85.